The number of halogens is 1. The highest BCUT2D eigenvalue weighted by molar-refractivity contribution is 5.85. The van der Waals surface area contributed by atoms with Crippen molar-refractivity contribution in [1.29, 1.82) is 0 Å². The first-order valence-corrected chi connectivity index (χ1v) is 5.28. The second-order valence-corrected chi connectivity index (χ2v) is 4.65. The van der Waals surface area contributed by atoms with Gasteiger partial charge in [-0.05, 0) is 33.4 Å². The maximum atomic E-state index is 10.9. The molecule has 0 aliphatic carbocycles. The summed E-state index contributed by atoms with van der Waals surface area (Å²) in [6.45, 7) is 8.04. The minimum absolute atomic E-state index is 0. The molecule has 1 N–H and O–H groups in total. The van der Waals surface area contributed by atoms with Crippen LogP contribution in [0.5, 0.6) is 0 Å². The van der Waals surface area contributed by atoms with Gasteiger partial charge in [-0.2, -0.15) is 0 Å². The van der Waals surface area contributed by atoms with Gasteiger partial charge in [-0.1, -0.05) is 13.8 Å². The Kier molecular flexibility index (Phi) is 9.07. The number of likely N-dealkylation sites (N-methyl/N-ethyl adjacent to an activating group) is 1. The predicted molar refractivity (Wildman–Crippen MR) is 67.5 cm³/mol. The van der Waals surface area contributed by atoms with Crippen LogP contribution in [0.15, 0.2) is 0 Å². The highest BCUT2D eigenvalue weighted by atomic mass is 35.5. The van der Waals surface area contributed by atoms with E-state index in [9.17, 15) is 4.79 Å². The molecule has 0 heterocycles. The number of carbonyl (C=O) groups excluding carboxylic acids is 1. The number of rotatable bonds is 5. The van der Waals surface area contributed by atoms with Gasteiger partial charge in [-0.25, -0.2) is 0 Å². The Morgan fingerprint density at radius 2 is 1.73 bits per heavy atom. The van der Waals surface area contributed by atoms with Crippen molar-refractivity contribution in [3.8, 4) is 0 Å². The van der Waals surface area contributed by atoms with E-state index in [0.29, 0.717) is 12.0 Å². The molecule has 3 nitrogen and oxygen atoms in total. The molecule has 0 rings (SSSR count). The van der Waals surface area contributed by atoms with E-state index < -0.39 is 0 Å². The number of nitrogens with zero attached hydrogens (tertiary/aromatic N) is 1. The van der Waals surface area contributed by atoms with Crippen LogP contribution in [0.3, 0.4) is 0 Å². The standard InChI is InChI=1S/C11H24N2O.ClH/c1-8(2)7-11(13(5)6)9(3)12-10(4)14;/h8-9,11H,7H2,1-6H3,(H,12,14);1H. The van der Waals surface area contributed by atoms with E-state index in [4.69, 9.17) is 0 Å². The molecule has 4 heteroatoms. The van der Waals surface area contributed by atoms with Gasteiger partial charge in [-0.15, -0.1) is 12.4 Å². The summed E-state index contributed by atoms with van der Waals surface area (Å²) < 4.78 is 0. The third kappa shape index (κ3) is 7.63. The van der Waals surface area contributed by atoms with E-state index in [0.717, 1.165) is 6.42 Å². The number of hydrogen-bond acceptors (Lipinski definition) is 2. The highest BCUT2D eigenvalue weighted by Gasteiger charge is 2.20. The minimum atomic E-state index is 0. The van der Waals surface area contributed by atoms with Crippen LogP contribution in [-0.2, 0) is 4.79 Å². The van der Waals surface area contributed by atoms with E-state index in [2.05, 4.69) is 45.1 Å². The molecule has 0 aromatic carbocycles. The van der Waals surface area contributed by atoms with Crippen molar-refractivity contribution in [1.82, 2.24) is 10.2 Å². The fourth-order valence-electron chi connectivity index (χ4n) is 1.76. The van der Waals surface area contributed by atoms with Crippen molar-refractivity contribution in [3.05, 3.63) is 0 Å². The lowest BCUT2D eigenvalue weighted by Crippen LogP contribution is -2.47. The molecule has 0 spiro atoms. The summed E-state index contributed by atoms with van der Waals surface area (Å²) in [6, 6.07) is 0.629. The van der Waals surface area contributed by atoms with Crippen LogP contribution >= 0.6 is 12.4 Å². The fraction of sp³-hybridized carbons (Fsp3) is 0.909. The average Bonchev–Trinajstić information content (AvgIpc) is 1.97. The van der Waals surface area contributed by atoms with Crippen molar-refractivity contribution in [2.75, 3.05) is 14.1 Å². The minimum Gasteiger partial charge on any atom is -0.352 e. The van der Waals surface area contributed by atoms with Crippen LogP contribution < -0.4 is 5.32 Å². The third-order valence-electron chi connectivity index (χ3n) is 2.38. The van der Waals surface area contributed by atoms with Gasteiger partial charge in [0.05, 0.1) is 0 Å². The number of nitrogens with one attached hydrogen (secondary N) is 1. The van der Waals surface area contributed by atoms with Crippen molar-refractivity contribution in [2.45, 2.75) is 46.2 Å². The first-order valence-electron chi connectivity index (χ1n) is 5.28. The van der Waals surface area contributed by atoms with Gasteiger partial charge in [0.25, 0.3) is 0 Å². The molecule has 0 aromatic rings. The van der Waals surface area contributed by atoms with E-state index in [1.807, 2.05) is 0 Å². The summed E-state index contributed by atoms with van der Waals surface area (Å²) >= 11 is 0. The molecule has 0 radical (unpaired) electrons. The van der Waals surface area contributed by atoms with E-state index >= 15 is 0 Å². The molecular formula is C11H25ClN2O. The molecule has 15 heavy (non-hydrogen) atoms. The zero-order valence-corrected chi connectivity index (χ0v) is 11.5. The molecule has 0 saturated carbocycles. The zero-order chi connectivity index (χ0) is 11.3. The van der Waals surface area contributed by atoms with Gasteiger partial charge in [0.1, 0.15) is 0 Å². The number of amides is 1. The first-order chi connectivity index (χ1) is 6.34. The maximum absolute atomic E-state index is 10.9. The quantitative estimate of drug-likeness (QED) is 0.791. The van der Waals surface area contributed by atoms with Gasteiger partial charge in [-0.3, -0.25) is 4.79 Å². The first kappa shape index (κ1) is 17.1. The SMILES string of the molecule is CC(=O)NC(C)C(CC(C)C)N(C)C.Cl. The second kappa shape index (κ2) is 7.94. The van der Waals surface area contributed by atoms with Crippen LogP contribution in [0.1, 0.15) is 34.1 Å². The lowest BCUT2D eigenvalue weighted by atomic mass is 9.97. The molecule has 0 aromatic heterocycles. The van der Waals surface area contributed by atoms with Crippen LogP contribution in [0.4, 0.5) is 0 Å². The Bertz CT molecular complexity index is 183. The van der Waals surface area contributed by atoms with Gasteiger partial charge < -0.3 is 10.2 Å². The van der Waals surface area contributed by atoms with Crippen LogP contribution in [-0.4, -0.2) is 37.0 Å². The van der Waals surface area contributed by atoms with E-state index in [1.54, 1.807) is 6.92 Å². The largest absolute Gasteiger partial charge is 0.352 e. The number of hydrogen-bond donors (Lipinski definition) is 1. The molecule has 0 bridgehead atoms. The van der Waals surface area contributed by atoms with Gasteiger partial charge in [0.15, 0.2) is 0 Å². The summed E-state index contributed by atoms with van der Waals surface area (Å²) in [5, 5.41) is 2.95. The van der Waals surface area contributed by atoms with Crippen molar-refractivity contribution in [2.24, 2.45) is 5.92 Å². The van der Waals surface area contributed by atoms with E-state index in [1.165, 1.54) is 0 Å². The van der Waals surface area contributed by atoms with Crippen molar-refractivity contribution in [3.63, 3.8) is 0 Å². The third-order valence-corrected chi connectivity index (χ3v) is 2.38. The Balaban J connectivity index is 0. The molecule has 92 valence electrons. The molecular weight excluding hydrogens is 212 g/mol. The topological polar surface area (TPSA) is 32.3 Å². The normalized spacial score (nSPS) is 14.7. The molecule has 0 saturated heterocycles. The Morgan fingerprint density at radius 3 is 2.00 bits per heavy atom. The second-order valence-electron chi connectivity index (χ2n) is 4.65. The molecule has 2 atom stereocenters. The van der Waals surface area contributed by atoms with Crippen LogP contribution in [0.2, 0.25) is 0 Å². The smallest absolute Gasteiger partial charge is 0.217 e. The van der Waals surface area contributed by atoms with E-state index in [-0.39, 0.29) is 24.4 Å². The number of carbonyl (C=O) groups is 1. The Labute approximate surface area is 100 Å². The van der Waals surface area contributed by atoms with Crippen LogP contribution in [0, 0.1) is 5.92 Å². The summed E-state index contributed by atoms with van der Waals surface area (Å²) in [5.74, 6) is 0.701. The monoisotopic (exact) mass is 236 g/mol. The van der Waals surface area contributed by atoms with Crippen molar-refractivity contribution < 1.29 is 4.79 Å². The summed E-state index contributed by atoms with van der Waals surface area (Å²) in [4.78, 5) is 13.1. The molecule has 0 aliphatic heterocycles. The highest BCUT2D eigenvalue weighted by Crippen LogP contribution is 2.12. The Morgan fingerprint density at radius 1 is 1.27 bits per heavy atom. The fourth-order valence-corrected chi connectivity index (χ4v) is 1.76. The van der Waals surface area contributed by atoms with Gasteiger partial charge in [0, 0.05) is 19.0 Å². The van der Waals surface area contributed by atoms with Crippen LogP contribution in [0.25, 0.3) is 0 Å². The van der Waals surface area contributed by atoms with Gasteiger partial charge >= 0.3 is 0 Å². The summed E-state index contributed by atoms with van der Waals surface area (Å²) in [7, 11) is 4.12. The van der Waals surface area contributed by atoms with Crippen molar-refractivity contribution >= 4 is 18.3 Å². The lowest BCUT2D eigenvalue weighted by molar-refractivity contribution is -0.120. The molecule has 1 amide bonds. The average molecular weight is 237 g/mol. The zero-order valence-electron chi connectivity index (χ0n) is 10.7. The summed E-state index contributed by atoms with van der Waals surface area (Å²) in [5.41, 5.74) is 0. The molecule has 0 fully saturated rings. The molecule has 0 aliphatic rings. The maximum Gasteiger partial charge on any atom is 0.217 e. The predicted octanol–water partition coefficient (Wildman–Crippen LogP) is 1.91. The van der Waals surface area contributed by atoms with Gasteiger partial charge in [0.2, 0.25) is 5.91 Å². The Hall–Kier alpha value is -0.280. The summed E-state index contributed by atoms with van der Waals surface area (Å²) in [6.07, 6.45) is 1.11. The molecule has 2 unspecified atom stereocenters. The lowest BCUT2D eigenvalue weighted by Gasteiger charge is -2.31.